The van der Waals surface area contributed by atoms with Gasteiger partial charge < -0.3 is 10.0 Å². The standard InChI is InChI=1S/C12H23NO2S/c1-13(2)8-9-16-11-7-5-3-4-6-10(11)12(14)15/h10-11H,3-9H2,1-2H3,(H,14,15). The Morgan fingerprint density at radius 2 is 2.00 bits per heavy atom. The Balaban J connectivity index is 2.41. The summed E-state index contributed by atoms with van der Waals surface area (Å²) in [5.41, 5.74) is 0. The molecule has 1 aliphatic rings. The van der Waals surface area contributed by atoms with Gasteiger partial charge in [-0.2, -0.15) is 11.8 Å². The summed E-state index contributed by atoms with van der Waals surface area (Å²) < 4.78 is 0. The second kappa shape index (κ2) is 7.17. The molecular weight excluding hydrogens is 222 g/mol. The Morgan fingerprint density at radius 1 is 1.31 bits per heavy atom. The average molecular weight is 245 g/mol. The van der Waals surface area contributed by atoms with Gasteiger partial charge in [0, 0.05) is 17.5 Å². The zero-order valence-corrected chi connectivity index (χ0v) is 11.1. The minimum Gasteiger partial charge on any atom is -0.481 e. The lowest BCUT2D eigenvalue weighted by molar-refractivity contribution is -0.141. The Kier molecular flexibility index (Phi) is 6.21. The van der Waals surface area contributed by atoms with E-state index in [1.807, 2.05) is 11.8 Å². The molecule has 0 heterocycles. The van der Waals surface area contributed by atoms with Gasteiger partial charge in [-0.05, 0) is 26.9 Å². The summed E-state index contributed by atoms with van der Waals surface area (Å²) in [6.45, 7) is 1.04. The summed E-state index contributed by atoms with van der Waals surface area (Å²) >= 11 is 1.85. The topological polar surface area (TPSA) is 40.5 Å². The van der Waals surface area contributed by atoms with Crippen molar-refractivity contribution in [2.24, 2.45) is 5.92 Å². The zero-order valence-electron chi connectivity index (χ0n) is 10.3. The van der Waals surface area contributed by atoms with Crippen LogP contribution in [0, 0.1) is 5.92 Å². The molecule has 1 N–H and O–H groups in total. The lowest BCUT2D eigenvalue weighted by Gasteiger charge is -2.21. The molecule has 0 aromatic carbocycles. The second-order valence-corrected chi connectivity index (χ2v) is 6.14. The van der Waals surface area contributed by atoms with Crippen LogP contribution in [0.2, 0.25) is 0 Å². The Morgan fingerprint density at radius 3 is 2.62 bits per heavy atom. The Labute approximate surface area is 103 Å². The third-order valence-corrected chi connectivity index (χ3v) is 4.55. The molecule has 1 rings (SSSR count). The van der Waals surface area contributed by atoms with E-state index in [0.717, 1.165) is 31.6 Å². The van der Waals surface area contributed by atoms with Gasteiger partial charge in [0.1, 0.15) is 0 Å². The van der Waals surface area contributed by atoms with Crippen molar-refractivity contribution in [2.45, 2.75) is 37.4 Å². The quantitative estimate of drug-likeness (QED) is 0.755. The molecule has 2 atom stereocenters. The van der Waals surface area contributed by atoms with Crippen molar-refractivity contribution in [3.8, 4) is 0 Å². The zero-order chi connectivity index (χ0) is 12.0. The van der Waals surface area contributed by atoms with Crippen molar-refractivity contribution in [1.29, 1.82) is 0 Å². The van der Waals surface area contributed by atoms with E-state index in [4.69, 9.17) is 0 Å². The molecule has 0 spiro atoms. The summed E-state index contributed by atoms with van der Waals surface area (Å²) in [6, 6.07) is 0. The first-order chi connectivity index (χ1) is 7.61. The van der Waals surface area contributed by atoms with Gasteiger partial charge in [-0.3, -0.25) is 4.79 Å². The lowest BCUT2D eigenvalue weighted by atomic mass is 10.0. The first-order valence-electron chi connectivity index (χ1n) is 6.10. The van der Waals surface area contributed by atoms with Crippen molar-refractivity contribution in [3.05, 3.63) is 0 Å². The lowest BCUT2D eigenvalue weighted by Crippen LogP contribution is -2.26. The first-order valence-corrected chi connectivity index (χ1v) is 7.15. The van der Waals surface area contributed by atoms with E-state index in [9.17, 15) is 9.90 Å². The van der Waals surface area contributed by atoms with Gasteiger partial charge >= 0.3 is 5.97 Å². The van der Waals surface area contributed by atoms with Gasteiger partial charge in [0.25, 0.3) is 0 Å². The third-order valence-electron chi connectivity index (χ3n) is 3.14. The highest BCUT2D eigenvalue weighted by Crippen LogP contribution is 2.32. The van der Waals surface area contributed by atoms with Crippen LogP contribution in [0.15, 0.2) is 0 Å². The maximum atomic E-state index is 11.2. The maximum absolute atomic E-state index is 11.2. The van der Waals surface area contributed by atoms with Gasteiger partial charge in [-0.25, -0.2) is 0 Å². The molecule has 0 radical (unpaired) electrons. The summed E-state index contributed by atoms with van der Waals surface area (Å²) in [7, 11) is 4.12. The van der Waals surface area contributed by atoms with Crippen LogP contribution in [0.3, 0.4) is 0 Å². The number of carboxylic acids is 1. The minimum absolute atomic E-state index is 0.116. The average Bonchev–Trinajstić information content (AvgIpc) is 2.42. The highest BCUT2D eigenvalue weighted by Gasteiger charge is 2.29. The van der Waals surface area contributed by atoms with E-state index >= 15 is 0 Å². The smallest absolute Gasteiger partial charge is 0.307 e. The fourth-order valence-corrected chi connectivity index (χ4v) is 3.73. The van der Waals surface area contributed by atoms with Crippen molar-refractivity contribution >= 4 is 17.7 Å². The molecule has 1 saturated carbocycles. The number of carbonyl (C=O) groups is 1. The third kappa shape index (κ3) is 4.74. The molecule has 0 saturated heterocycles. The van der Waals surface area contributed by atoms with Gasteiger partial charge in [0.05, 0.1) is 5.92 Å². The van der Waals surface area contributed by atoms with E-state index in [-0.39, 0.29) is 5.92 Å². The molecule has 0 aliphatic heterocycles. The molecule has 16 heavy (non-hydrogen) atoms. The number of hydrogen-bond acceptors (Lipinski definition) is 3. The second-order valence-electron chi connectivity index (χ2n) is 4.80. The maximum Gasteiger partial charge on any atom is 0.307 e. The summed E-state index contributed by atoms with van der Waals surface area (Å²) in [4.78, 5) is 13.3. The Bertz CT molecular complexity index is 221. The van der Waals surface area contributed by atoms with Gasteiger partial charge in [-0.15, -0.1) is 0 Å². The largest absolute Gasteiger partial charge is 0.481 e. The van der Waals surface area contributed by atoms with Gasteiger partial charge in [0.15, 0.2) is 0 Å². The predicted molar refractivity (Wildman–Crippen MR) is 69.0 cm³/mol. The van der Waals surface area contributed by atoms with Crippen LogP contribution in [0.4, 0.5) is 0 Å². The molecule has 1 fully saturated rings. The van der Waals surface area contributed by atoms with Gasteiger partial charge in [-0.1, -0.05) is 19.3 Å². The van der Waals surface area contributed by atoms with Crippen molar-refractivity contribution in [3.63, 3.8) is 0 Å². The molecule has 0 aromatic rings. The molecule has 4 heteroatoms. The van der Waals surface area contributed by atoms with E-state index in [1.54, 1.807) is 0 Å². The first kappa shape index (κ1) is 13.8. The molecular formula is C12H23NO2S. The van der Waals surface area contributed by atoms with Crippen LogP contribution >= 0.6 is 11.8 Å². The fourth-order valence-electron chi connectivity index (χ4n) is 2.14. The monoisotopic (exact) mass is 245 g/mol. The van der Waals surface area contributed by atoms with Crippen LogP contribution in [0.1, 0.15) is 32.1 Å². The highest BCUT2D eigenvalue weighted by atomic mass is 32.2. The van der Waals surface area contributed by atoms with Crippen LogP contribution < -0.4 is 0 Å². The summed E-state index contributed by atoms with van der Waals surface area (Å²) in [5.74, 6) is 0.334. The van der Waals surface area contributed by atoms with E-state index in [0.29, 0.717) is 5.25 Å². The number of rotatable bonds is 5. The number of carboxylic acid groups (broad SMARTS) is 1. The number of hydrogen-bond donors (Lipinski definition) is 1. The molecule has 2 unspecified atom stereocenters. The normalized spacial score (nSPS) is 26.7. The molecule has 0 amide bonds. The number of aliphatic carboxylic acids is 1. The van der Waals surface area contributed by atoms with Gasteiger partial charge in [0.2, 0.25) is 0 Å². The fraction of sp³-hybridized carbons (Fsp3) is 0.917. The molecule has 3 nitrogen and oxygen atoms in total. The predicted octanol–water partition coefficient (Wildman–Crippen LogP) is 2.31. The van der Waals surface area contributed by atoms with Crippen LogP contribution in [0.5, 0.6) is 0 Å². The molecule has 0 aromatic heterocycles. The number of thioether (sulfide) groups is 1. The molecule has 94 valence electrons. The van der Waals surface area contributed by atoms with Crippen molar-refractivity contribution in [1.82, 2.24) is 4.90 Å². The Hall–Kier alpha value is -0.220. The molecule has 0 bridgehead atoms. The molecule has 1 aliphatic carbocycles. The number of nitrogens with zero attached hydrogens (tertiary/aromatic N) is 1. The van der Waals surface area contributed by atoms with Crippen LogP contribution in [-0.4, -0.2) is 47.6 Å². The minimum atomic E-state index is -0.593. The van der Waals surface area contributed by atoms with Crippen LogP contribution in [0.25, 0.3) is 0 Å². The highest BCUT2D eigenvalue weighted by molar-refractivity contribution is 7.99. The SMILES string of the molecule is CN(C)CCSC1CCCCCC1C(=O)O. The van der Waals surface area contributed by atoms with Crippen molar-refractivity contribution < 1.29 is 9.90 Å². The summed E-state index contributed by atoms with van der Waals surface area (Å²) in [6.07, 6.45) is 5.43. The van der Waals surface area contributed by atoms with E-state index in [2.05, 4.69) is 19.0 Å². The van der Waals surface area contributed by atoms with E-state index < -0.39 is 5.97 Å². The van der Waals surface area contributed by atoms with E-state index in [1.165, 1.54) is 12.8 Å². The van der Waals surface area contributed by atoms with Crippen molar-refractivity contribution in [2.75, 3.05) is 26.4 Å². The summed E-state index contributed by atoms with van der Waals surface area (Å²) in [5, 5.41) is 9.55. The van der Waals surface area contributed by atoms with Crippen LogP contribution in [-0.2, 0) is 4.79 Å².